The molecule has 2 aromatic rings. The van der Waals surface area contributed by atoms with Gasteiger partial charge < -0.3 is 19.6 Å². The van der Waals surface area contributed by atoms with Gasteiger partial charge in [-0.2, -0.15) is 0 Å². The molecule has 0 saturated carbocycles. The Balaban J connectivity index is 2.43. The molecule has 1 atom stereocenters. The van der Waals surface area contributed by atoms with Crippen molar-refractivity contribution in [3.05, 3.63) is 26.6 Å². The first-order chi connectivity index (χ1) is 14.2. The zero-order chi connectivity index (χ0) is 22.4. The number of rotatable bonds is 11. The number of thiophene rings is 1. The molecular weight excluding hydrogens is 406 g/mol. The number of H-pyrrole nitrogens is 1. The lowest BCUT2D eigenvalue weighted by Crippen LogP contribution is -2.37. The summed E-state index contributed by atoms with van der Waals surface area (Å²) in [5, 5.41) is 10.6. The lowest BCUT2D eigenvalue weighted by Gasteiger charge is -2.26. The van der Waals surface area contributed by atoms with Crippen molar-refractivity contribution in [3.63, 3.8) is 0 Å². The Kier molecular flexibility index (Phi) is 8.96. The fourth-order valence-corrected chi connectivity index (χ4v) is 4.77. The van der Waals surface area contributed by atoms with Crippen LogP contribution in [-0.2, 0) is 16.0 Å². The van der Waals surface area contributed by atoms with Gasteiger partial charge in [0.15, 0.2) is 0 Å². The Bertz CT molecular complexity index is 906. The number of fused-ring (bicyclic) bond motifs is 1. The molecule has 168 valence electrons. The molecule has 0 bridgehead atoms. The molecule has 0 aliphatic carbocycles. The predicted octanol–water partition coefficient (Wildman–Crippen LogP) is 2.75. The SMILES string of the molecule is CCOC(=O)c1sc2nc(CN(CC(C)C)C[C@H](O)COC)[nH]c(=O)c2c1C(C)C. The minimum atomic E-state index is -0.631. The summed E-state index contributed by atoms with van der Waals surface area (Å²) in [6, 6.07) is 0. The normalized spacial score (nSPS) is 13.0. The van der Waals surface area contributed by atoms with Crippen LogP contribution in [0.15, 0.2) is 4.79 Å². The molecule has 8 nitrogen and oxygen atoms in total. The van der Waals surface area contributed by atoms with Crippen molar-refractivity contribution < 1.29 is 19.4 Å². The predicted molar refractivity (Wildman–Crippen MR) is 118 cm³/mol. The molecule has 0 radical (unpaired) electrons. The van der Waals surface area contributed by atoms with Crippen molar-refractivity contribution >= 4 is 27.5 Å². The van der Waals surface area contributed by atoms with Gasteiger partial charge in [0, 0.05) is 20.2 Å². The molecule has 2 N–H and O–H groups in total. The lowest BCUT2D eigenvalue weighted by molar-refractivity contribution is 0.0325. The topological polar surface area (TPSA) is 105 Å². The van der Waals surface area contributed by atoms with E-state index in [1.54, 1.807) is 14.0 Å². The number of hydrogen-bond donors (Lipinski definition) is 2. The van der Waals surface area contributed by atoms with Crippen LogP contribution in [-0.4, -0.2) is 65.5 Å². The van der Waals surface area contributed by atoms with Crippen LogP contribution >= 0.6 is 11.3 Å². The maximum Gasteiger partial charge on any atom is 0.348 e. The summed E-state index contributed by atoms with van der Waals surface area (Å²) < 4.78 is 10.2. The lowest BCUT2D eigenvalue weighted by atomic mass is 10.0. The molecule has 2 heterocycles. The van der Waals surface area contributed by atoms with E-state index < -0.39 is 12.1 Å². The second-order valence-corrected chi connectivity index (χ2v) is 9.11. The molecule has 0 aliphatic heterocycles. The summed E-state index contributed by atoms with van der Waals surface area (Å²) in [4.78, 5) is 35.9. The number of carbonyl (C=O) groups is 1. The summed E-state index contributed by atoms with van der Waals surface area (Å²) in [5.74, 6) is 0.437. The molecule has 0 fully saturated rings. The Morgan fingerprint density at radius 2 is 1.97 bits per heavy atom. The van der Waals surface area contributed by atoms with Gasteiger partial charge >= 0.3 is 5.97 Å². The molecule has 0 unspecified atom stereocenters. The number of nitrogens with zero attached hydrogens (tertiary/aromatic N) is 2. The number of hydrogen-bond acceptors (Lipinski definition) is 8. The van der Waals surface area contributed by atoms with Crippen LogP contribution in [0.5, 0.6) is 0 Å². The molecule has 0 spiro atoms. The van der Waals surface area contributed by atoms with E-state index in [4.69, 9.17) is 9.47 Å². The minimum Gasteiger partial charge on any atom is -0.462 e. The minimum absolute atomic E-state index is 0.0199. The molecule has 9 heteroatoms. The van der Waals surface area contributed by atoms with Crippen molar-refractivity contribution in [2.75, 3.05) is 33.4 Å². The van der Waals surface area contributed by atoms with Crippen LogP contribution < -0.4 is 5.56 Å². The molecule has 30 heavy (non-hydrogen) atoms. The standard InChI is InChI=1S/C21H33N3O5S/c1-7-29-21(27)18-16(13(4)5)17-19(26)22-15(23-20(17)30-18)10-24(8-12(2)3)9-14(25)11-28-6/h12-14,25H,7-11H2,1-6H3,(H,22,23,26)/t14-/m0/s1. The largest absolute Gasteiger partial charge is 0.462 e. The van der Waals surface area contributed by atoms with E-state index in [2.05, 4.69) is 23.8 Å². The van der Waals surface area contributed by atoms with Crippen LogP contribution in [0.25, 0.3) is 10.2 Å². The van der Waals surface area contributed by atoms with Crippen LogP contribution in [0.2, 0.25) is 0 Å². The van der Waals surface area contributed by atoms with Crippen LogP contribution in [0, 0.1) is 5.92 Å². The van der Waals surface area contributed by atoms with E-state index >= 15 is 0 Å². The quantitative estimate of drug-likeness (QED) is 0.519. The Morgan fingerprint density at radius 1 is 1.27 bits per heavy atom. The van der Waals surface area contributed by atoms with E-state index in [0.29, 0.717) is 45.5 Å². The van der Waals surface area contributed by atoms with Crippen molar-refractivity contribution in [1.29, 1.82) is 0 Å². The van der Waals surface area contributed by atoms with Gasteiger partial charge in [-0.1, -0.05) is 27.7 Å². The maximum absolute atomic E-state index is 12.9. The fourth-order valence-electron chi connectivity index (χ4n) is 3.52. The highest BCUT2D eigenvalue weighted by atomic mass is 32.1. The number of nitrogens with one attached hydrogen (secondary N) is 1. The van der Waals surface area contributed by atoms with Gasteiger partial charge in [-0.05, 0) is 24.3 Å². The van der Waals surface area contributed by atoms with Crippen LogP contribution in [0.1, 0.15) is 61.6 Å². The number of esters is 1. The van der Waals surface area contributed by atoms with Crippen molar-refractivity contribution in [3.8, 4) is 0 Å². The number of methoxy groups -OCH3 is 1. The van der Waals surface area contributed by atoms with E-state index in [0.717, 1.165) is 6.54 Å². The number of carbonyl (C=O) groups excluding carboxylic acids is 1. The van der Waals surface area contributed by atoms with E-state index in [-0.39, 0.29) is 24.7 Å². The average Bonchev–Trinajstić information content (AvgIpc) is 3.01. The third kappa shape index (κ3) is 6.10. The molecule has 0 amide bonds. The van der Waals surface area contributed by atoms with Gasteiger partial charge in [-0.25, -0.2) is 9.78 Å². The van der Waals surface area contributed by atoms with Crippen LogP contribution in [0.4, 0.5) is 0 Å². The van der Waals surface area contributed by atoms with Crippen molar-refractivity contribution in [1.82, 2.24) is 14.9 Å². The fraction of sp³-hybridized carbons (Fsp3) is 0.667. The maximum atomic E-state index is 12.9. The summed E-state index contributed by atoms with van der Waals surface area (Å²) in [6.07, 6.45) is -0.631. The summed E-state index contributed by atoms with van der Waals surface area (Å²) in [6.45, 7) is 11.9. The van der Waals surface area contributed by atoms with Gasteiger partial charge in [0.05, 0.1) is 31.2 Å². The molecule has 0 aromatic carbocycles. The Morgan fingerprint density at radius 3 is 2.53 bits per heavy atom. The van der Waals surface area contributed by atoms with Crippen molar-refractivity contribution in [2.24, 2.45) is 5.92 Å². The molecule has 2 aromatic heterocycles. The second kappa shape index (κ2) is 11.0. The average molecular weight is 440 g/mol. The van der Waals surface area contributed by atoms with Crippen molar-refractivity contribution in [2.45, 2.75) is 53.2 Å². The van der Waals surface area contributed by atoms with Gasteiger partial charge in [-0.15, -0.1) is 11.3 Å². The Hall–Kier alpha value is -1.81. The summed E-state index contributed by atoms with van der Waals surface area (Å²) in [7, 11) is 1.55. The van der Waals surface area contributed by atoms with E-state index in [1.165, 1.54) is 11.3 Å². The number of aliphatic hydroxyl groups excluding tert-OH is 1. The summed E-state index contributed by atoms with van der Waals surface area (Å²) in [5.41, 5.74) is 0.427. The zero-order valence-electron chi connectivity index (χ0n) is 18.7. The second-order valence-electron chi connectivity index (χ2n) is 8.11. The highest BCUT2D eigenvalue weighted by molar-refractivity contribution is 7.20. The van der Waals surface area contributed by atoms with Crippen LogP contribution in [0.3, 0.4) is 0 Å². The highest BCUT2D eigenvalue weighted by Gasteiger charge is 2.25. The number of aromatic amines is 1. The summed E-state index contributed by atoms with van der Waals surface area (Å²) >= 11 is 1.20. The van der Waals surface area contributed by atoms with Gasteiger partial charge in [-0.3, -0.25) is 9.69 Å². The van der Waals surface area contributed by atoms with E-state index in [1.807, 2.05) is 18.7 Å². The van der Waals surface area contributed by atoms with Gasteiger partial charge in [0.2, 0.25) is 0 Å². The van der Waals surface area contributed by atoms with E-state index in [9.17, 15) is 14.7 Å². The van der Waals surface area contributed by atoms with Gasteiger partial charge in [0.1, 0.15) is 15.5 Å². The third-order valence-corrected chi connectivity index (χ3v) is 5.59. The smallest absolute Gasteiger partial charge is 0.348 e. The zero-order valence-corrected chi connectivity index (χ0v) is 19.5. The monoisotopic (exact) mass is 439 g/mol. The molecule has 0 aliphatic rings. The third-order valence-electron chi connectivity index (χ3n) is 4.51. The number of aromatic nitrogens is 2. The first-order valence-corrected chi connectivity index (χ1v) is 11.1. The molecular formula is C21H33N3O5S. The first-order valence-electron chi connectivity index (χ1n) is 10.3. The highest BCUT2D eigenvalue weighted by Crippen LogP contribution is 2.33. The number of aliphatic hydroxyl groups is 1. The number of ether oxygens (including phenoxy) is 2. The molecule has 0 saturated heterocycles. The van der Waals surface area contributed by atoms with Gasteiger partial charge in [0.25, 0.3) is 5.56 Å². The molecule has 2 rings (SSSR count). The Labute approximate surface area is 181 Å². The first kappa shape index (κ1) is 24.5.